The molecule has 0 unspecified atom stereocenters. The van der Waals surface area contributed by atoms with Gasteiger partial charge in [-0.25, -0.2) is 9.78 Å². The van der Waals surface area contributed by atoms with E-state index in [0.29, 0.717) is 28.0 Å². The van der Waals surface area contributed by atoms with Gasteiger partial charge in [0.1, 0.15) is 11.6 Å². The first kappa shape index (κ1) is 24.6. The first-order chi connectivity index (χ1) is 16.6. The molecular weight excluding hydrogens is 510 g/mol. The largest absolute Gasteiger partial charge is 0.478 e. The van der Waals surface area contributed by atoms with Gasteiger partial charge in [0.25, 0.3) is 5.56 Å². The van der Waals surface area contributed by atoms with Crippen molar-refractivity contribution in [3.63, 3.8) is 0 Å². The summed E-state index contributed by atoms with van der Waals surface area (Å²) >= 11 is 3.43. The molecule has 0 N–H and O–H groups in total. The molecule has 3 aromatic carbocycles. The molecule has 1 atom stereocenters. The Morgan fingerprint density at radius 2 is 1.86 bits per heavy atom. The maximum Gasteiger partial charge on any atom is 0.346 e. The predicted octanol–water partition coefficient (Wildman–Crippen LogP) is 5.43. The molecule has 180 valence electrons. The fourth-order valence-electron chi connectivity index (χ4n) is 3.77. The zero-order chi connectivity index (χ0) is 25.3. The Bertz CT molecular complexity index is 1520. The number of carbonyl (C=O) groups excluding carboxylic acids is 1. The molecule has 0 spiro atoms. The maximum absolute atomic E-state index is 13.5. The van der Waals surface area contributed by atoms with Crippen molar-refractivity contribution in [2.75, 3.05) is 7.11 Å². The Morgan fingerprint density at radius 1 is 1.11 bits per heavy atom. The number of benzene rings is 3. The van der Waals surface area contributed by atoms with Crippen LogP contribution in [-0.4, -0.2) is 35.1 Å². The van der Waals surface area contributed by atoms with E-state index < -0.39 is 17.5 Å². The van der Waals surface area contributed by atoms with Crippen molar-refractivity contribution in [1.29, 1.82) is 0 Å². The van der Waals surface area contributed by atoms with Gasteiger partial charge >= 0.3 is 5.97 Å². The van der Waals surface area contributed by atoms with Crippen molar-refractivity contribution >= 4 is 49.8 Å². The van der Waals surface area contributed by atoms with E-state index >= 15 is 0 Å². The van der Waals surface area contributed by atoms with Gasteiger partial charge in [-0.1, -0.05) is 67.0 Å². The summed E-state index contributed by atoms with van der Waals surface area (Å²) in [7, 11) is 1.32. The molecule has 8 heteroatoms. The summed E-state index contributed by atoms with van der Waals surface area (Å²) < 4.78 is 12.9. The molecule has 0 radical (unpaired) electrons. The summed E-state index contributed by atoms with van der Waals surface area (Å²) in [6.07, 6.45) is 0.768. The Hall–Kier alpha value is -3.52. The molecule has 0 aliphatic carbocycles. The van der Waals surface area contributed by atoms with Crippen molar-refractivity contribution in [1.82, 2.24) is 9.66 Å². The number of hydrogen-bond acceptors (Lipinski definition) is 6. The average molecular weight is 536 g/mol. The van der Waals surface area contributed by atoms with Crippen LogP contribution in [0.15, 0.2) is 69.0 Å². The second-order valence-electron chi connectivity index (χ2n) is 9.19. The van der Waals surface area contributed by atoms with Crippen LogP contribution in [0.25, 0.3) is 21.7 Å². The first-order valence-corrected chi connectivity index (χ1v) is 11.9. The smallest absolute Gasteiger partial charge is 0.346 e. The minimum absolute atomic E-state index is 0.275. The average Bonchev–Trinajstić information content (AvgIpc) is 2.83. The third-order valence-electron chi connectivity index (χ3n) is 5.55. The van der Waals surface area contributed by atoms with Gasteiger partial charge in [-0.2, -0.15) is 9.78 Å². The molecule has 0 saturated heterocycles. The number of esters is 1. The summed E-state index contributed by atoms with van der Waals surface area (Å²) in [6, 6.07) is 16.9. The Kier molecular flexibility index (Phi) is 6.76. The predicted molar refractivity (Wildman–Crippen MR) is 141 cm³/mol. The van der Waals surface area contributed by atoms with E-state index in [1.54, 1.807) is 25.3 Å². The number of halogens is 1. The molecule has 4 rings (SSSR count). The highest BCUT2D eigenvalue weighted by Gasteiger charge is 2.23. The second kappa shape index (κ2) is 9.62. The van der Waals surface area contributed by atoms with E-state index in [1.807, 2.05) is 63.2 Å². The van der Waals surface area contributed by atoms with Crippen LogP contribution in [-0.2, 0) is 14.9 Å². The van der Waals surface area contributed by atoms with Crippen LogP contribution in [0.3, 0.4) is 0 Å². The first-order valence-electron chi connectivity index (χ1n) is 11.1. The lowest BCUT2D eigenvalue weighted by molar-refractivity contribution is -0.147. The number of rotatable bonds is 5. The van der Waals surface area contributed by atoms with Gasteiger partial charge in [-0.3, -0.25) is 4.79 Å². The Morgan fingerprint density at radius 3 is 2.57 bits per heavy atom. The van der Waals surface area contributed by atoms with Gasteiger partial charge in [-0.15, -0.1) is 0 Å². The van der Waals surface area contributed by atoms with Crippen LogP contribution < -0.4 is 10.3 Å². The third-order valence-corrected chi connectivity index (χ3v) is 6.04. The molecule has 0 fully saturated rings. The van der Waals surface area contributed by atoms with E-state index in [0.717, 1.165) is 15.2 Å². The number of fused-ring (bicyclic) bond motifs is 2. The number of methoxy groups -OCH3 is 1. The van der Waals surface area contributed by atoms with E-state index in [4.69, 9.17) is 14.5 Å². The van der Waals surface area contributed by atoms with Gasteiger partial charge < -0.3 is 9.47 Å². The van der Waals surface area contributed by atoms with Crippen molar-refractivity contribution < 1.29 is 14.3 Å². The lowest BCUT2D eigenvalue weighted by Gasteiger charge is -2.21. The number of carbonyl (C=O) groups is 1. The van der Waals surface area contributed by atoms with Crippen molar-refractivity contribution in [3.8, 4) is 5.75 Å². The number of hydrogen-bond donors (Lipinski definition) is 0. The number of nitrogens with zero attached hydrogens (tertiary/aromatic N) is 3. The van der Waals surface area contributed by atoms with Gasteiger partial charge in [0.2, 0.25) is 0 Å². The highest BCUT2D eigenvalue weighted by molar-refractivity contribution is 9.10. The minimum Gasteiger partial charge on any atom is -0.478 e. The lowest BCUT2D eigenvalue weighted by Crippen LogP contribution is -2.29. The van der Waals surface area contributed by atoms with E-state index in [-0.39, 0.29) is 5.56 Å². The highest BCUT2D eigenvalue weighted by Crippen LogP contribution is 2.28. The third kappa shape index (κ3) is 4.98. The van der Waals surface area contributed by atoms with Crippen LogP contribution in [0.1, 0.15) is 39.1 Å². The van der Waals surface area contributed by atoms with Gasteiger partial charge in [0.05, 0.1) is 24.2 Å². The molecule has 0 amide bonds. The molecule has 7 nitrogen and oxygen atoms in total. The molecule has 1 aromatic heterocycles. The lowest BCUT2D eigenvalue weighted by atomic mass is 9.95. The summed E-state index contributed by atoms with van der Waals surface area (Å²) in [5.74, 6) is 0.489. The molecule has 0 aliphatic rings. The van der Waals surface area contributed by atoms with Crippen molar-refractivity contribution in [2.45, 2.75) is 39.2 Å². The van der Waals surface area contributed by atoms with Crippen molar-refractivity contribution in [3.05, 3.63) is 80.8 Å². The van der Waals surface area contributed by atoms with Crippen LogP contribution in [0, 0.1) is 0 Å². The monoisotopic (exact) mass is 535 g/mol. The molecule has 0 saturated carbocycles. The van der Waals surface area contributed by atoms with Gasteiger partial charge in [0, 0.05) is 15.5 Å². The molecule has 0 bridgehead atoms. The molecular formula is C27H26BrN3O4. The fraction of sp³-hybridized carbons (Fsp3) is 0.259. The standard InChI is InChI=1S/C27H26BrN3O4/c1-16(25(33)34-5)35-23-13-10-17-8-6-7-9-19(17)21(23)15-29-31-24(32)20-14-18(28)11-12-22(20)30-26(31)27(2,3)4/h6-16H,1-5H3/t16-/m0/s1. The van der Waals surface area contributed by atoms with E-state index in [2.05, 4.69) is 21.0 Å². The van der Waals surface area contributed by atoms with Crippen LogP contribution in [0.2, 0.25) is 0 Å². The highest BCUT2D eigenvalue weighted by atomic mass is 79.9. The Labute approximate surface area is 211 Å². The summed E-state index contributed by atoms with van der Waals surface area (Å²) in [4.78, 5) is 30.3. The molecule has 1 heterocycles. The van der Waals surface area contributed by atoms with Crippen LogP contribution in [0.5, 0.6) is 5.75 Å². The number of ether oxygens (including phenoxy) is 2. The molecule has 4 aromatic rings. The maximum atomic E-state index is 13.5. The summed E-state index contributed by atoms with van der Waals surface area (Å²) in [5.41, 5.74) is 0.522. The van der Waals surface area contributed by atoms with E-state index in [9.17, 15) is 9.59 Å². The summed E-state index contributed by atoms with van der Waals surface area (Å²) in [6.45, 7) is 7.57. The SMILES string of the molecule is COC(=O)[C@H](C)Oc1ccc2ccccc2c1C=Nn1c(C(C)(C)C)nc2ccc(Br)cc2c1=O. The quantitative estimate of drug-likeness (QED) is 0.251. The van der Waals surface area contributed by atoms with E-state index in [1.165, 1.54) is 11.8 Å². The normalized spacial score (nSPS) is 12.9. The minimum atomic E-state index is -0.819. The topological polar surface area (TPSA) is 82.8 Å². The Balaban J connectivity index is 1.93. The van der Waals surface area contributed by atoms with Gasteiger partial charge in [-0.05, 0) is 42.0 Å². The zero-order valence-corrected chi connectivity index (χ0v) is 21.8. The molecule has 35 heavy (non-hydrogen) atoms. The number of aromatic nitrogens is 2. The fourth-order valence-corrected chi connectivity index (χ4v) is 4.13. The van der Waals surface area contributed by atoms with Crippen LogP contribution in [0.4, 0.5) is 0 Å². The molecule has 0 aliphatic heterocycles. The summed E-state index contributed by atoms with van der Waals surface area (Å²) in [5, 5.41) is 6.90. The zero-order valence-electron chi connectivity index (χ0n) is 20.2. The van der Waals surface area contributed by atoms with Crippen molar-refractivity contribution in [2.24, 2.45) is 5.10 Å². The van der Waals surface area contributed by atoms with Gasteiger partial charge in [0.15, 0.2) is 6.10 Å². The van der Waals surface area contributed by atoms with Crippen LogP contribution >= 0.6 is 15.9 Å². The second-order valence-corrected chi connectivity index (χ2v) is 10.1.